The van der Waals surface area contributed by atoms with Gasteiger partial charge in [0, 0.05) is 63.2 Å². The van der Waals surface area contributed by atoms with E-state index in [9.17, 15) is 63.0 Å². The number of carboxylic acid groups (broad SMARTS) is 1. The average molecular weight is 1320 g/mol. The number of aromatic nitrogens is 1. The zero-order valence-electron chi connectivity index (χ0n) is 52.5. The van der Waals surface area contributed by atoms with Crippen molar-refractivity contribution < 1.29 is 72.9 Å². The van der Waals surface area contributed by atoms with E-state index in [1.54, 1.807) is 50.2 Å². The number of aliphatic carboxylic acids is 1. The Morgan fingerprint density at radius 2 is 1.08 bits per heavy atom. The summed E-state index contributed by atoms with van der Waals surface area (Å²) in [6.45, 7) is 6.53. The first kappa shape index (κ1) is 77.6. The third-order valence-electron chi connectivity index (χ3n) is 14.2. The summed E-state index contributed by atoms with van der Waals surface area (Å²) in [6, 6.07) is 0.868. The molecule has 0 saturated carbocycles. The zero-order valence-corrected chi connectivity index (χ0v) is 53.3. The van der Waals surface area contributed by atoms with Gasteiger partial charge in [-0.2, -0.15) is 0 Å². The summed E-state index contributed by atoms with van der Waals surface area (Å²) in [5.41, 5.74) is 23.4. The number of nitrogens with zero attached hydrogens (tertiary/aromatic N) is 2. The van der Waals surface area contributed by atoms with Crippen LogP contribution in [0.5, 0.6) is 5.75 Å². The maximum Gasteiger partial charge on any atom is 0.312 e. The van der Waals surface area contributed by atoms with Gasteiger partial charge < -0.3 is 96.3 Å². The van der Waals surface area contributed by atoms with Crippen molar-refractivity contribution in [1.29, 1.82) is 5.41 Å². The van der Waals surface area contributed by atoms with E-state index >= 15 is 0 Å². The number of carbonyl (C=O) groups excluding carboxylic acids is 11. The minimum Gasteiger partial charge on any atom is -0.508 e. The van der Waals surface area contributed by atoms with Crippen LogP contribution >= 0.6 is 11.6 Å². The highest BCUT2D eigenvalue weighted by Gasteiger charge is 2.40. The molecule has 22 N–H and O–H groups in total. The number of benzene rings is 2. The number of carbonyl (C=O) groups is 12. The van der Waals surface area contributed by atoms with Crippen molar-refractivity contribution in [3.63, 3.8) is 0 Å². The number of nitrogens with two attached hydrogens (primary N) is 4. The number of pyridine rings is 1. The van der Waals surface area contributed by atoms with Crippen LogP contribution in [0.1, 0.15) is 96.3 Å². The highest BCUT2D eigenvalue weighted by molar-refractivity contribution is 6.30. The second-order valence-electron chi connectivity index (χ2n) is 22.6. The molecule has 1 saturated heterocycles. The molecule has 2 heterocycles. The molecule has 12 amide bonds. The first-order valence-corrected chi connectivity index (χ1v) is 30.4. The number of primary amides is 2. The monoisotopic (exact) mass is 1320 g/mol. The lowest BCUT2D eigenvalue weighted by atomic mass is 10.00. The number of hydrogen-bond donors (Lipinski definition) is 18. The van der Waals surface area contributed by atoms with Gasteiger partial charge in [-0.3, -0.25) is 63.1 Å². The molecule has 0 unspecified atom stereocenters. The number of phenolic OH excluding ortho intramolecular Hbond substituents is 1. The Balaban J connectivity index is 0.00000547. The van der Waals surface area contributed by atoms with Crippen LogP contribution in [-0.2, 0) is 72.0 Å². The summed E-state index contributed by atoms with van der Waals surface area (Å²) < 4.78 is 0. The van der Waals surface area contributed by atoms with Gasteiger partial charge in [-0.15, -0.1) is 0 Å². The number of phenols is 1. The van der Waals surface area contributed by atoms with Gasteiger partial charge in [0.2, 0.25) is 59.1 Å². The lowest BCUT2D eigenvalue weighted by Crippen LogP contribution is -2.61. The van der Waals surface area contributed by atoms with Crippen molar-refractivity contribution in [3.8, 4) is 5.75 Å². The van der Waals surface area contributed by atoms with E-state index in [4.69, 9.17) is 49.8 Å². The van der Waals surface area contributed by atoms with Crippen LogP contribution in [0.4, 0.5) is 4.79 Å². The molecule has 33 heteroatoms. The Morgan fingerprint density at radius 3 is 1.57 bits per heavy atom. The van der Waals surface area contributed by atoms with E-state index in [0.717, 1.165) is 6.92 Å². The smallest absolute Gasteiger partial charge is 0.312 e. The SMILES string of the molecule is CC(=O)O.CC(C)C[C@H](NC(=O)[C@@H](CCCNC(N)=O)NC(=O)[C@H](Cc1ccc(O)cc1)NC(=O)[C@H](CO)NC(=O)[C@@H](Cc1cccnc1)NC(=O)[C@@H](Cc1ccc(Cl)cc1)NC(=O)[C@@H](C)N)C(=O)N[C@@H](CCCNC(=N)N)C(=O)N1CCC[C@H]1C(=O)N[C@H](C)C(N)=O. The topological polar surface area (TPSA) is 530 Å². The van der Waals surface area contributed by atoms with Gasteiger partial charge in [0.15, 0.2) is 5.96 Å². The summed E-state index contributed by atoms with van der Waals surface area (Å²) in [6.07, 6.45) is 2.94. The first-order valence-electron chi connectivity index (χ1n) is 30.0. The van der Waals surface area contributed by atoms with Gasteiger partial charge in [-0.05, 0) is 112 Å². The molecule has 32 nitrogen and oxygen atoms in total. The largest absolute Gasteiger partial charge is 0.508 e. The number of carboxylic acids is 1. The molecule has 3 aromatic rings. The number of rotatable bonds is 35. The Labute approximate surface area is 542 Å². The lowest BCUT2D eigenvalue weighted by Gasteiger charge is -2.31. The molecule has 0 bridgehead atoms. The quantitative estimate of drug-likeness (QED) is 0.0159. The molecule has 93 heavy (non-hydrogen) atoms. The normalized spacial score (nSPS) is 15.4. The van der Waals surface area contributed by atoms with Crippen LogP contribution in [0.2, 0.25) is 5.02 Å². The number of aromatic hydroxyl groups is 1. The number of aliphatic hydroxyl groups is 1. The van der Waals surface area contributed by atoms with Crippen molar-refractivity contribution in [2.24, 2.45) is 28.9 Å². The number of guanidine groups is 1. The second kappa shape index (κ2) is 39.5. The third-order valence-corrected chi connectivity index (χ3v) is 14.4. The summed E-state index contributed by atoms with van der Waals surface area (Å²) in [5, 5.41) is 62.0. The molecule has 10 atom stereocenters. The highest BCUT2D eigenvalue weighted by Crippen LogP contribution is 2.21. The molecular formula is C60H88ClN17O15. The maximum absolute atomic E-state index is 14.7. The number of aliphatic hydroxyl groups excluding tert-OH is 1. The predicted octanol–water partition coefficient (Wildman–Crippen LogP) is -2.97. The van der Waals surface area contributed by atoms with Gasteiger partial charge >= 0.3 is 6.03 Å². The predicted molar refractivity (Wildman–Crippen MR) is 339 cm³/mol. The number of urea groups is 1. The van der Waals surface area contributed by atoms with E-state index in [1.165, 1.54) is 55.4 Å². The molecule has 1 aromatic heterocycles. The molecule has 0 spiro atoms. The minimum absolute atomic E-state index is 0.0112. The van der Waals surface area contributed by atoms with Crippen molar-refractivity contribution >= 4 is 88.6 Å². The standard InChI is InChI=1S/C58H84ClN17O13.C2H4O2/c1-31(2)25-41(50(82)70-40(11-7-22-66-57(62)63)56(88)76-24-8-12-46(76)55(87)68-33(4)47(61)79)72-49(81)39(10-6-23-67-58(64)89)69-51(83)43(27-35-15-19-38(78)20-16-35)74-54(86)45(30-77)75-53(85)44(28-36-9-5-21-65-29-36)73-52(84)42(71-48(80)32(3)60)26-34-13-17-37(59)18-14-34;1-2(3)4/h5,9,13-21,29,31-33,39-46,77-78H,6-8,10-12,22-28,30,60H2,1-4H3,(H2,61,79)(H,68,87)(H,69,83)(H,70,82)(H,71,80)(H,72,81)(H,73,84)(H,74,86)(H,75,85)(H4,62,63,66)(H3,64,67,89);1H3,(H,3,4)/t32-,33-,39-,40+,41+,42-,43+,44-,45+,46+;/m1./s1. The van der Waals surface area contributed by atoms with Gasteiger partial charge in [0.05, 0.1) is 12.6 Å². The van der Waals surface area contributed by atoms with Crippen LogP contribution in [0, 0.1) is 11.3 Å². The van der Waals surface area contributed by atoms with Gasteiger partial charge in [0.25, 0.3) is 5.97 Å². The van der Waals surface area contributed by atoms with Gasteiger partial charge in [0.1, 0.15) is 60.1 Å². The summed E-state index contributed by atoms with van der Waals surface area (Å²) in [4.78, 5) is 165. The molecule has 2 aromatic carbocycles. The third kappa shape index (κ3) is 28.6. The Bertz CT molecular complexity index is 3030. The van der Waals surface area contributed by atoms with E-state index in [2.05, 4.69) is 58.2 Å². The second-order valence-corrected chi connectivity index (χ2v) is 23.0. The molecule has 0 aliphatic carbocycles. The fourth-order valence-electron chi connectivity index (χ4n) is 9.40. The highest BCUT2D eigenvalue weighted by atomic mass is 35.5. The number of halogens is 1. The first-order chi connectivity index (χ1) is 43.9. The van der Waals surface area contributed by atoms with Gasteiger partial charge in [-0.1, -0.05) is 55.8 Å². The van der Waals surface area contributed by atoms with Crippen molar-refractivity contribution in [3.05, 3.63) is 94.8 Å². The number of likely N-dealkylation sites (tertiary alicyclic amines) is 1. The van der Waals surface area contributed by atoms with E-state index in [1.807, 2.05) is 0 Å². The van der Waals surface area contributed by atoms with Crippen LogP contribution in [-0.4, -0.2) is 189 Å². The van der Waals surface area contributed by atoms with Crippen LogP contribution in [0.15, 0.2) is 73.1 Å². The van der Waals surface area contributed by atoms with Crippen molar-refractivity contribution in [2.75, 3.05) is 26.2 Å². The van der Waals surface area contributed by atoms with E-state index in [-0.39, 0.29) is 95.0 Å². The molecule has 0 radical (unpaired) electrons. The summed E-state index contributed by atoms with van der Waals surface area (Å²) in [5.74, 6) is -10.00. The molecule has 1 aliphatic rings. The molecule has 1 fully saturated rings. The maximum atomic E-state index is 14.7. The minimum atomic E-state index is -1.80. The van der Waals surface area contributed by atoms with Crippen LogP contribution in [0.3, 0.4) is 0 Å². The fraction of sp³-hybridized carbons (Fsp3) is 0.500. The molecule has 1 aliphatic heterocycles. The number of hydrogen-bond acceptors (Lipinski definition) is 17. The fourth-order valence-corrected chi connectivity index (χ4v) is 9.52. The van der Waals surface area contributed by atoms with Gasteiger partial charge in [-0.25, -0.2) is 4.79 Å². The van der Waals surface area contributed by atoms with E-state index < -0.39 is 138 Å². The van der Waals surface area contributed by atoms with Crippen LogP contribution in [0.25, 0.3) is 0 Å². The lowest BCUT2D eigenvalue weighted by molar-refractivity contribution is -0.142. The van der Waals surface area contributed by atoms with Crippen molar-refractivity contribution in [1.82, 2.24) is 63.1 Å². The van der Waals surface area contributed by atoms with Crippen molar-refractivity contribution in [2.45, 2.75) is 159 Å². The Morgan fingerprint density at radius 1 is 0.624 bits per heavy atom. The van der Waals surface area contributed by atoms with Crippen LogP contribution < -0.4 is 76.1 Å². The number of nitrogens with one attached hydrogen (secondary N) is 11. The van der Waals surface area contributed by atoms with E-state index in [0.29, 0.717) is 28.1 Å². The molecule has 4 rings (SSSR count). The molecule has 510 valence electrons. The Hall–Kier alpha value is -9.69. The number of amides is 12. The summed E-state index contributed by atoms with van der Waals surface area (Å²) >= 11 is 6.09. The summed E-state index contributed by atoms with van der Waals surface area (Å²) in [7, 11) is 0. The Kier molecular flexibility index (Phi) is 33.0. The zero-order chi connectivity index (χ0) is 69.5. The average Bonchev–Trinajstić information content (AvgIpc) is 1.83. The molecular weight excluding hydrogens is 1230 g/mol.